The molecule has 1 amide bonds. The molecule has 0 saturated heterocycles. The van der Waals surface area contributed by atoms with Gasteiger partial charge in [-0.05, 0) is 55.5 Å². The summed E-state index contributed by atoms with van der Waals surface area (Å²) < 4.78 is 26.3. The summed E-state index contributed by atoms with van der Waals surface area (Å²) in [6.45, 7) is 7.60. The van der Waals surface area contributed by atoms with Gasteiger partial charge in [0.05, 0.1) is 18.0 Å². The van der Waals surface area contributed by atoms with Crippen LogP contribution in [0.3, 0.4) is 0 Å². The zero-order valence-electron chi connectivity index (χ0n) is 17.6. The molecule has 5 nitrogen and oxygen atoms in total. The second kappa shape index (κ2) is 9.63. The number of carbonyl (C=O) groups is 1. The highest BCUT2D eigenvalue weighted by Gasteiger charge is 2.32. The van der Waals surface area contributed by atoms with Crippen LogP contribution >= 0.6 is 11.6 Å². The number of sulfonamides is 1. The van der Waals surface area contributed by atoms with Crippen LogP contribution in [0.1, 0.15) is 49.9 Å². The van der Waals surface area contributed by atoms with Crippen LogP contribution in [-0.4, -0.2) is 26.6 Å². The highest BCUT2D eigenvalue weighted by Crippen LogP contribution is 2.28. The predicted molar refractivity (Wildman–Crippen MR) is 120 cm³/mol. The van der Waals surface area contributed by atoms with E-state index in [1.807, 2.05) is 38.1 Å². The number of hydrogen-bond donors (Lipinski definition) is 1. The topological polar surface area (TPSA) is 66.5 Å². The van der Waals surface area contributed by atoms with Crippen molar-refractivity contribution in [2.45, 2.75) is 52.6 Å². The lowest BCUT2D eigenvalue weighted by molar-refractivity contribution is -0.122. The zero-order chi connectivity index (χ0) is 21.8. The molecule has 0 fully saturated rings. The number of nitrogens with zero attached hydrogens (tertiary/aromatic N) is 1. The Morgan fingerprint density at radius 1 is 1.14 bits per heavy atom. The van der Waals surface area contributed by atoms with Gasteiger partial charge in [-0.15, -0.1) is 0 Å². The molecule has 0 aliphatic carbocycles. The summed E-state index contributed by atoms with van der Waals surface area (Å²) in [7, 11) is -3.70. The fraction of sp³-hybridized carbons (Fsp3) is 0.409. The second-order valence-electron chi connectivity index (χ2n) is 7.24. The number of anilines is 1. The maximum atomic E-state index is 13.0. The Morgan fingerprint density at radius 3 is 2.24 bits per heavy atom. The first-order valence-electron chi connectivity index (χ1n) is 9.73. The van der Waals surface area contributed by atoms with E-state index in [4.69, 9.17) is 11.6 Å². The molecule has 158 valence electrons. The van der Waals surface area contributed by atoms with Gasteiger partial charge in [-0.3, -0.25) is 9.10 Å². The number of aryl methyl sites for hydroxylation is 2. The van der Waals surface area contributed by atoms with Crippen molar-refractivity contribution in [1.82, 2.24) is 5.32 Å². The van der Waals surface area contributed by atoms with Gasteiger partial charge < -0.3 is 5.32 Å². The molecular formula is C22H29ClN2O3S. The Bertz CT molecular complexity index is 959. The molecular weight excluding hydrogens is 408 g/mol. The highest BCUT2D eigenvalue weighted by atomic mass is 35.5. The minimum atomic E-state index is -3.70. The largest absolute Gasteiger partial charge is 0.348 e. The molecule has 0 saturated carbocycles. The number of carbonyl (C=O) groups excluding carboxylic acids is 1. The smallest absolute Gasteiger partial charge is 0.244 e. The molecule has 0 unspecified atom stereocenters. The van der Waals surface area contributed by atoms with Gasteiger partial charge in [-0.1, -0.05) is 55.8 Å². The molecule has 2 aromatic rings. The first kappa shape index (κ1) is 23.2. The van der Waals surface area contributed by atoms with E-state index in [0.717, 1.165) is 28.1 Å². The molecule has 2 atom stereocenters. The Morgan fingerprint density at radius 2 is 1.76 bits per heavy atom. The summed E-state index contributed by atoms with van der Waals surface area (Å²) in [4.78, 5) is 13.0. The summed E-state index contributed by atoms with van der Waals surface area (Å²) in [6.07, 6.45) is 2.37. The molecule has 0 heterocycles. The van der Waals surface area contributed by atoms with Crippen molar-refractivity contribution in [3.8, 4) is 0 Å². The number of amides is 1. The first-order chi connectivity index (χ1) is 13.6. The normalized spacial score (nSPS) is 13.6. The second-order valence-corrected chi connectivity index (χ2v) is 9.51. The fourth-order valence-corrected chi connectivity index (χ4v) is 4.59. The van der Waals surface area contributed by atoms with Crippen molar-refractivity contribution in [1.29, 1.82) is 0 Å². The van der Waals surface area contributed by atoms with Crippen LogP contribution in [0, 0.1) is 6.92 Å². The molecule has 0 radical (unpaired) electrons. The molecule has 0 aromatic heterocycles. The minimum Gasteiger partial charge on any atom is -0.348 e. The summed E-state index contributed by atoms with van der Waals surface area (Å²) in [5.41, 5.74) is 3.41. The molecule has 0 spiro atoms. The third-order valence-electron chi connectivity index (χ3n) is 4.99. The fourth-order valence-electron chi connectivity index (χ4n) is 3.21. The van der Waals surface area contributed by atoms with E-state index in [9.17, 15) is 13.2 Å². The van der Waals surface area contributed by atoms with Crippen LogP contribution in [0.25, 0.3) is 0 Å². The number of halogens is 1. The van der Waals surface area contributed by atoms with Crippen molar-refractivity contribution in [2.75, 3.05) is 10.6 Å². The van der Waals surface area contributed by atoms with E-state index in [0.29, 0.717) is 17.1 Å². The first-order valence-corrected chi connectivity index (χ1v) is 12.0. The molecule has 7 heteroatoms. The Labute approximate surface area is 179 Å². The van der Waals surface area contributed by atoms with E-state index in [-0.39, 0.29) is 11.9 Å². The summed E-state index contributed by atoms with van der Waals surface area (Å²) in [5, 5.41) is 3.41. The Kier molecular flexibility index (Phi) is 7.72. The zero-order valence-corrected chi connectivity index (χ0v) is 19.1. The van der Waals surface area contributed by atoms with Gasteiger partial charge >= 0.3 is 0 Å². The van der Waals surface area contributed by atoms with Crippen molar-refractivity contribution >= 4 is 33.2 Å². The van der Waals surface area contributed by atoms with Gasteiger partial charge in [-0.2, -0.15) is 0 Å². The average Bonchev–Trinajstić information content (AvgIpc) is 2.67. The Balaban J connectivity index is 2.30. The van der Waals surface area contributed by atoms with Gasteiger partial charge in [0.2, 0.25) is 15.9 Å². The van der Waals surface area contributed by atoms with Crippen molar-refractivity contribution in [3.63, 3.8) is 0 Å². The summed E-state index contributed by atoms with van der Waals surface area (Å²) in [5.74, 6) is -0.346. The van der Waals surface area contributed by atoms with Crippen LogP contribution in [0.2, 0.25) is 5.02 Å². The van der Waals surface area contributed by atoms with Gasteiger partial charge in [0.25, 0.3) is 0 Å². The van der Waals surface area contributed by atoms with Gasteiger partial charge in [0.15, 0.2) is 0 Å². The molecule has 0 bridgehead atoms. The van der Waals surface area contributed by atoms with Crippen LogP contribution < -0.4 is 9.62 Å². The van der Waals surface area contributed by atoms with E-state index in [1.54, 1.807) is 25.1 Å². The van der Waals surface area contributed by atoms with Crippen LogP contribution in [0.4, 0.5) is 5.69 Å². The van der Waals surface area contributed by atoms with Crippen molar-refractivity contribution in [2.24, 2.45) is 0 Å². The van der Waals surface area contributed by atoms with Crippen molar-refractivity contribution < 1.29 is 13.2 Å². The van der Waals surface area contributed by atoms with E-state index in [1.165, 1.54) is 5.56 Å². The molecule has 2 rings (SSSR count). The Hall–Kier alpha value is -2.05. The molecule has 1 N–H and O–H groups in total. The van der Waals surface area contributed by atoms with E-state index in [2.05, 4.69) is 12.2 Å². The van der Waals surface area contributed by atoms with E-state index < -0.39 is 16.1 Å². The SMILES string of the molecule is CCc1ccc([C@@H](C)NC(=O)[C@H](CC)N(c2ccc(C)c(Cl)c2)S(C)(=O)=O)cc1. The molecule has 0 aliphatic heterocycles. The lowest BCUT2D eigenvalue weighted by Crippen LogP contribution is -2.49. The number of hydrogen-bond acceptors (Lipinski definition) is 3. The molecule has 0 aliphatic rings. The third kappa shape index (κ3) is 5.73. The average molecular weight is 437 g/mol. The number of rotatable bonds is 8. The van der Waals surface area contributed by atoms with Gasteiger partial charge in [0.1, 0.15) is 6.04 Å². The monoisotopic (exact) mass is 436 g/mol. The maximum absolute atomic E-state index is 13.0. The maximum Gasteiger partial charge on any atom is 0.244 e. The van der Waals surface area contributed by atoms with Crippen LogP contribution in [-0.2, 0) is 21.2 Å². The highest BCUT2D eigenvalue weighted by molar-refractivity contribution is 7.92. The standard InChI is InChI=1S/C22H29ClN2O3S/c1-6-17-9-11-18(12-10-17)16(4)24-22(26)21(7-2)25(29(5,27)28)19-13-8-15(3)20(23)14-19/h8-14,16,21H,6-7H2,1-5H3,(H,24,26)/t16-,21+/m1/s1. The molecule has 2 aromatic carbocycles. The van der Waals surface area contributed by atoms with Crippen LogP contribution in [0.5, 0.6) is 0 Å². The third-order valence-corrected chi connectivity index (χ3v) is 6.57. The summed E-state index contributed by atoms with van der Waals surface area (Å²) in [6, 6.07) is 11.9. The summed E-state index contributed by atoms with van der Waals surface area (Å²) >= 11 is 6.20. The quantitative estimate of drug-likeness (QED) is 0.655. The van der Waals surface area contributed by atoms with Gasteiger partial charge in [-0.25, -0.2) is 8.42 Å². The lowest BCUT2D eigenvalue weighted by Gasteiger charge is -2.31. The predicted octanol–water partition coefficient (Wildman–Crippen LogP) is 4.63. The van der Waals surface area contributed by atoms with E-state index >= 15 is 0 Å². The van der Waals surface area contributed by atoms with Gasteiger partial charge in [0, 0.05) is 5.02 Å². The number of nitrogens with one attached hydrogen (secondary N) is 1. The number of benzene rings is 2. The van der Waals surface area contributed by atoms with Crippen LogP contribution in [0.15, 0.2) is 42.5 Å². The molecule has 29 heavy (non-hydrogen) atoms. The minimum absolute atomic E-state index is 0.245. The van der Waals surface area contributed by atoms with Crippen molar-refractivity contribution in [3.05, 3.63) is 64.2 Å². The lowest BCUT2D eigenvalue weighted by atomic mass is 10.0.